The summed E-state index contributed by atoms with van der Waals surface area (Å²) < 4.78 is 22.9. The molecule has 0 amide bonds. The zero-order chi connectivity index (χ0) is 21.7. The van der Waals surface area contributed by atoms with E-state index in [2.05, 4.69) is 43.3 Å². The third-order valence-corrected chi connectivity index (χ3v) is 5.37. The number of rotatable bonds is 14. The second-order valence-electron chi connectivity index (χ2n) is 7.40. The average molecular weight is 415 g/mol. The number of carbonyl (C=O) groups is 1. The Bertz CT molecular complexity index is 719. The first kappa shape index (κ1) is 24.1. The zero-order valence-corrected chi connectivity index (χ0v) is 18.3. The Morgan fingerprint density at radius 1 is 0.900 bits per heavy atom. The molecule has 2 aromatic rings. The van der Waals surface area contributed by atoms with Crippen molar-refractivity contribution in [1.29, 1.82) is 0 Å². The maximum absolute atomic E-state index is 10.9. The van der Waals surface area contributed by atoms with Gasteiger partial charge in [-0.1, -0.05) is 60.7 Å². The fraction of sp³-hybridized carbons (Fsp3) is 0.480. The first-order chi connectivity index (χ1) is 14.6. The second kappa shape index (κ2) is 13.2. The Kier molecular flexibility index (Phi) is 10.6. The predicted octanol–water partition coefficient (Wildman–Crippen LogP) is 4.58. The van der Waals surface area contributed by atoms with Gasteiger partial charge in [-0.15, -0.1) is 0 Å². The van der Waals surface area contributed by atoms with E-state index in [0.29, 0.717) is 26.2 Å². The van der Waals surface area contributed by atoms with E-state index < -0.39 is 5.60 Å². The monoisotopic (exact) mass is 414 g/mol. The Morgan fingerprint density at radius 2 is 1.53 bits per heavy atom. The molecule has 5 nitrogen and oxygen atoms in total. The van der Waals surface area contributed by atoms with Crippen molar-refractivity contribution in [2.24, 2.45) is 0 Å². The Hall–Kier alpha value is -2.21. The molecule has 0 aliphatic heterocycles. The Balaban J connectivity index is 1.97. The summed E-state index contributed by atoms with van der Waals surface area (Å²) in [4.78, 5) is 10.9. The van der Waals surface area contributed by atoms with E-state index in [1.165, 1.54) is 12.5 Å². The van der Waals surface area contributed by atoms with Crippen LogP contribution in [0.2, 0.25) is 0 Å². The lowest BCUT2D eigenvalue weighted by molar-refractivity contribution is -0.147. The highest BCUT2D eigenvalue weighted by Crippen LogP contribution is 2.29. The van der Waals surface area contributed by atoms with Crippen LogP contribution in [0, 0.1) is 0 Å². The molecular weight excluding hydrogens is 380 g/mol. The van der Waals surface area contributed by atoms with Gasteiger partial charge in [0.1, 0.15) is 6.61 Å². The van der Waals surface area contributed by atoms with Crippen LogP contribution < -0.4 is 0 Å². The maximum Gasteiger partial charge on any atom is 0.302 e. The molecule has 0 aliphatic carbocycles. The summed E-state index contributed by atoms with van der Waals surface area (Å²) in [6.45, 7) is 5.13. The molecule has 2 aromatic carbocycles. The number of hydrogen-bond acceptors (Lipinski definition) is 5. The van der Waals surface area contributed by atoms with E-state index in [-0.39, 0.29) is 18.7 Å². The molecule has 0 saturated heterocycles. The summed E-state index contributed by atoms with van der Waals surface area (Å²) in [6, 6.07) is 20.5. The number of hydrogen-bond donors (Lipinski definition) is 0. The van der Waals surface area contributed by atoms with Crippen molar-refractivity contribution in [3.8, 4) is 0 Å². The molecule has 0 saturated carbocycles. The molecule has 0 aromatic heterocycles. The third kappa shape index (κ3) is 8.27. The maximum atomic E-state index is 10.9. The van der Waals surface area contributed by atoms with Crippen LogP contribution in [0.4, 0.5) is 0 Å². The number of benzene rings is 2. The summed E-state index contributed by atoms with van der Waals surface area (Å²) in [6.07, 6.45) is 2.27. The number of ether oxygens (including phenoxy) is 4. The minimum atomic E-state index is -0.480. The molecule has 0 spiro atoms. The van der Waals surface area contributed by atoms with E-state index in [1.807, 2.05) is 24.3 Å². The quantitative estimate of drug-likeness (QED) is 0.335. The second-order valence-corrected chi connectivity index (χ2v) is 7.40. The van der Waals surface area contributed by atoms with Gasteiger partial charge in [-0.05, 0) is 30.9 Å². The normalized spacial score (nSPS) is 14.1. The van der Waals surface area contributed by atoms with Crippen molar-refractivity contribution >= 4 is 5.97 Å². The minimum Gasteiger partial charge on any atom is -0.463 e. The highest BCUT2D eigenvalue weighted by atomic mass is 16.6. The van der Waals surface area contributed by atoms with Gasteiger partial charge in [-0.25, -0.2) is 0 Å². The van der Waals surface area contributed by atoms with Gasteiger partial charge in [-0.3, -0.25) is 4.79 Å². The smallest absolute Gasteiger partial charge is 0.302 e. The van der Waals surface area contributed by atoms with E-state index in [1.54, 1.807) is 7.11 Å². The van der Waals surface area contributed by atoms with Crippen molar-refractivity contribution in [1.82, 2.24) is 0 Å². The summed E-state index contributed by atoms with van der Waals surface area (Å²) in [5.74, 6) is -0.296. The fourth-order valence-electron chi connectivity index (χ4n) is 3.44. The van der Waals surface area contributed by atoms with Crippen molar-refractivity contribution in [2.45, 2.75) is 51.4 Å². The van der Waals surface area contributed by atoms with Crippen LogP contribution in [-0.4, -0.2) is 44.6 Å². The van der Waals surface area contributed by atoms with E-state index in [9.17, 15) is 4.79 Å². The summed E-state index contributed by atoms with van der Waals surface area (Å²) in [5.41, 5.74) is 1.92. The number of carbonyl (C=O) groups excluding carboxylic acids is 1. The summed E-state index contributed by atoms with van der Waals surface area (Å²) >= 11 is 0. The van der Waals surface area contributed by atoms with E-state index in [0.717, 1.165) is 18.4 Å². The van der Waals surface area contributed by atoms with Crippen LogP contribution in [0.5, 0.6) is 0 Å². The topological polar surface area (TPSA) is 54.0 Å². The van der Waals surface area contributed by atoms with Crippen LogP contribution in [0.3, 0.4) is 0 Å². The number of esters is 1. The Labute approximate surface area is 180 Å². The molecule has 0 heterocycles. The van der Waals surface area contributed by atoms with Crippen molar-refractivity contribution in [3.63, 3.8) is 0 Å². The molecule has 164 valence electrons. The van der Waals surface area contributed by atoms with Crippen molar-refractivity contribution < 1.29 is 23.7 Å². The predicted molar refractivity (Wildman–Crippen MR) is 117 cm³/mol. The van der Waals surface area contributed by atoms with Crippen LogP contribution in [-0.2, 0) is 36.8 Å². The molecule has 0 radical (unpaired) electrons. The standard InChI is InChI=1S/C25H34O5/c1-21(30-20-24-12-8-5-9-13-24)25(27-3,15-14-23-10-6-4-7-11-23)16-17-28-18-19-29-22(2)26/h4-13,21H,14-20H2,1-3H3/t21-,25?/m1/s1. The first-order valence-corrected chi connectivity index (χ1v) is 10.5. The first-order valence-electron chi connectivity index (χ1n) is 10.5. The lowest BCUT2D eigenvalue weighted by atomic mass is 9.86. The van der Waals surface area contributed by atoms with Gasteiger partial charge in [0.2, 0.25) is 0 Å². The van der Waals surface area contributed by atoms with Gasteiger partial charge >= 0.3 is 5.97 Å². The van der Waals surface area contributed by atoms with Gasteiger partial charge in [0.05, 0.1) is 24.9 Å². The molecule has 2 atom stereocenters. The SMILES string of the molecule is COC(CCOCCOC(C)=O)(CCc1ccccc1)[C@@H](C)OCc1ccccc1. The average Bonchev–Trinajstić information content (AvgIpc) is 2.78. The third-order valence-electron chi connectivity index (χ3n) is 5.37. The van der Waals surface area contributed by atoms with Crippen LogP contribution in [0.1, 0.15) is 37.8 Å². The largest absolute Gasteiger partial charge is 0.463 e. The van der Waals surface area contributed by atoms with Crippen LogP contribution in [0.25, 0.3) is 0 Å². The molecule has 30 heavy (non-hydrogen) atoms. The number of aryl methyl sites for hydroxylation is 1. The molecule has 0 bridgehead atoms. The lowest BCUT2D eigenvalue weighted by Gasteiger charge is -2.38. The molecule has 0 aliphatic rings. The molecule has 0 N–H and O–H groups in total. The molecule has 1 unspecified atom stereocenters. The molecule has 0 fully saturated rings. The molecule has 2 rings (SSSR count). The molecule has 5 heteroatoms. The van der Waals surface area contributed by atoms with Crippen LogP contribution >= 0.6 is 0 Å². The van der Waals surface area contributed by atoms with Crippen molar-refractivity contribution in [2.75, 3.05) is 26.9 Å². The highest BCUT2D eigenvalue weighted by Gasteiger charge is 2.36. The van der Waals surface area contributed by atoms with Crippen LogP contribution in [0.15, 0.2) is 60.7 Å². The van der Waals surface area contributed by atoms with Crippen molar-refractivity contribution in [3.05, 3.63) is 71.8 Å². The lowest BCUT2D eigenvalue weighted by Crippen LogP contribution is -2.45. The Morgan fingerprint density at radius 3 is 2.13 bits per heavy atom. The van der Waals surface area contributed by atoms with E-state index in [4.69, 9.17) is 18.9 Å². The van der Waals surface area contributed by atoms with Gasteiger partial charge < -0.3 is 18.9 Å². The highest BCUT2D eigenvalue weighted by molar-refractivity contribution is 5.65. The van der Waals surface area contributed by atoms with Gasteiger partial charge in [0.15, 0.2) is 0 Å². The summed E-state index contributed by atoms with van der Waals surface area (Å²) in [7, 11) is 1.74. The number of methoxy groups -OCH3 is 1. The zero-order valence-electron chi connectivity index (χ0n) is 18.3. The van der Waals surface area contributed by atoms with Gasteiger partial charge in [0, 0.05) is 27.1 Å². The minimum absolute atomic E-state index is 0.122. The van der Waals surface area contributed by atoms with Gasteiger partial charge in [0.25, 0.3) is 0 Å². The van der Waals surface area contributed by atoms with E-state index >= 15 is 0 Å². The van der Waals surface area contributed by atoms with Gasteiger partial charge in [-0.2, -0.15) is 0 Å². The molecular formula is C25H34O5. The summed E-state index contributed by atoms with van der Waals surface area (Å²) in [5, 5.41) is 0. The fourth-order valence-corrected chi connectivity index (χ4v) is 3.44.